The molecule has 0 heterocycles. The summed E-state index contributed by atoms with van der Waals surface area (Å²) in [5, 5.41) is 18.3. The van der Waals surface area contributed by atoms with Gasteiger partial charge in [-0.2, -0.15) is 0 Å². The van der Waals surface area contributed by atoms with E-state index in [0.717, 1.165) is 54.4 Å². The normalized spacial score (nSPS) is 11.2. The van der Waals surface area contributed by atoms with Gasteiger partial charge in [-0.05, 0) is 289 Å². The molecule has 0 atom stereocenters. The third-order valence-corrected chi connectivity index (χ3v) is 27.2. The molecule has 23 aromatic rings. The Morgan fingerprint density at radius 2 is 0.366 bits per heavy atom. The minimum atomic E-state index is 1.09. The number of nitrogens with one attached hydrogen (secondary N) is 1. The van der Waals surface area contributed by atoms with Gasteiger partial charge >= 0.3 is 0 Å². The summed E-state index contributed by atoms with van der Waals surface area (Å²) < 4.78 is 2.29. The second kappa shape index (κ2) is 38.2. The fourth-order valence-corrected chi connectivity index (χ4v) is 20.1. The molecule has 0 unspecified atom stereocenters. The summed E-state index contributed by atoms with van der Waals surface area (Å²) in [5.41, 5.74) is 34.2. The van der Waals surface area contributed by atoms with Crippen molar-refractivity contribution >= 4 is 142 Å². The Balaban J connectivity index is 0.000000167. The Kier molecular flexibility index (Phi) is 24.2. The van der Waals surface area contributed by atoms with E-state index in [0.29, 0.717) is 0 Å². The van der Waals surface area contributed by atoms with Crippen LogP contribution in [0.15, 0.2) is 512 Å². The lowest BCUT2D eigenvalue weighted by molar-refractivity contribution is 1.26. The largest absolute Gasteiger partial charge is 0.355 e. The first-order valence-electron chi connectivity index (χ1n) is 45.7. The molecule has 0 saturated heterocycles. The van der Waals surface area contributed by atoms with Crippen LogP contribution in [0.3, 0.4) is 0 Å². The number of rotatable bonds is 17. The van der Waals surface area contributed by atoms with Crippen LogP contribution in [-0.4, -0.2) is 0 Å². The van der Waals surface area contributed by atoms with E-state index in [9.17, 15) is 0 Å². The van der Waals surface area contributed by atoms with E-state index < -0.39 is 0 Å². The number of fused-ring (bicyclic) bond motifs is 10. The molecule has 0 bridgehead atoms. The molecule has 0 amide bonds. The number of aryl methyl sites for hydroxylation is 3. The van der Waals surface area contributed by atoms with Crippen LogP contribution in [0.1, 0.15) is 16.7 Å². The monoisotopic (exact) mass is 1840 g/mol. The van der Waals surface area contributed by atoms with Crippen LogP contribution < -0.4 is 15.1 Å². The molecule has 638 valence electrons. The zero-order chi connectivity index (χ0) is 90.4. The maximum Gasteiger partial charge on any atom is 0.0546 e. The molecular weight excluding hydrogens is 1750 g/mol. The van der Waals surface area contributed by atoms with Crippen LogP contribution in [0.25, 0.3) is 165 Å². The van der Waals surface area contributed by atoms with Crippen molar-refractivity contribution in [2.24, 2.45) is 0 Å². The first-order valence-corrected chi connectivity index (χ1v) is 47.3. The average molecular weight is 1840 g/mol. The van der Waals surface area contributed by atoms with Gasteiger partial charge in [-0.3, -0.25) is 0 Å². The minimum Gasteiger partial charge on any atom is -0.355 e. The highest BCUT2D eigenvalue weighted by molar-refractivity contribution is 9.11. The highest BCUT2D eigenvalue weighted by atomic mass is 79.9. The Morgan fingerprint density at radius 3 is 0.649 bits per heavy atom. The van der Waals surface area contributed by atoms with Crippen molar-refractivity contribution in [3.8, 4) is 100 Å². The molecule has 3 nitrogen and oxygen atoms in total. The summed E-state index contributed by atoms with van der Waals surface area (Å²) in [5.74, 6) is 0. The highest BCUT2D eigenvalue weighted by Crippen LogP contribution is 2.51. The van der Waals surface area contributed by atoms with E-state index in [1.165, 1.54) is 181 Å². The summed E-state index contributed by atoms with van der Waals surface area (Å²) in [6.45, 7) is 6.65. The molecule has 23 rings (SSSR count). The predicted octanol–water partition coefficient (Wildman–Crippen LogP) is 38.1. The standard InChI is InChI=1S/C80H58N2.C31H25N.C18H10Br2/c1-55-51-67(59-23-11-5-12-24-59)43-49-77(55)81(69-45-39-65(40-46-69)63-35-31-61(32-36-63)57-19-7-3-8-20-57)79-53-75-72-28-16-18-30-74(72)80(54-76(75)71-27-15-17-29-73(71)79)82(78-50-44-68(52-56(78)2)60-25-13-6-14-26-60)70-47-41-66(42-48-70)64-37-33-62(34-38-64)58-21-9-4-10-22-58;1-23-22-29(25-10-6-3-7-11-25)18-21-31(23)32-30-19-16-28(17-20-30)27-14-12-26(13-15-27)24-8-4-2-5-9-24;19-17-10-16-12-6-2-4-8-14(12)18(20)9-15(16)11-5-1-3-7-13(11)17/h3-54H,1-2H3;2-22,32H,1H3;1-10H. The minimum absolute atomic E-state index is 1.09. The summed E-state index contributed by atoms with van der Waals surface area (Å²) in [7, 11) is 0. The second-order valence-electron chi connectivity index (χ2n) is 34.3. The van der Waals surface area contributed by atoms with Gasteiger partial charge in [0.1, 0.15) is 0 Å². The van der Waals surface area contributed by atoms with Crippen LogP contribution in [-0.2, 0) is 0 Å². The van der Waals surface area contributed by atoms with Crippen LogP contribution in [0.4, 0.5) is 45.5 Å². The Morgan fingerprint density at radius 1 is 0.157 bits per heavy atom. The Hall–Kier alpha value is -16.0. The molecule has 23 aromatic carbocycles. The van der Waals surface area contributed by atoms with Gasteiger partial charge in [-0.25, -0.2) is 0 Å². The topological polar surface area (TPSA) is 18.5 Å². The lowest BCUT2D eigenvalue weighted by atomic mass is 9.92. The number of nitrogens with zero attached hydrogens (tertiary/aromatic N) is 2. The number of hydrogen-bond acceptors (Lipinski definition) is 3. The number of benzene rings is 23. The van der Waals surface area contributed by atoms with Crippen molar-refractivity contribution < 1.29 is 0 Å². The first kappa shape index (κ1) is 84.8. The van der Waals surface area contributed by atoms with E-state index in [-0.39, 0.29) is 0 Å². The van der Waals surface area contributed by atoms with Gasteiger partial charge in [-0.15, -0.1) is 0 Å². The van der Waals surface area contributed by atoms with Crippen molar-refractivity contribution in [1.82, 2.24) is 0 Å². The highest BCUT2D eigenvalue weighted by Gasteiger charge is 2.26. The second-order valence-corrected chi connectivity index (χ2v) is 36.0. The molecule has 1 N–H and O–H groups in total. The van der Waals surface area contributed by atoms with Crippen molar-refractivity contribution in [2.45, 2.75) is 20.8 Å². The van der Waals surface area contributed by atoms with E-state index in [2.05, 4.69) is 559 Å². The maximum atomic E-state index is 3.71. The van der Waals surface area contributed by atoms with Crippen LogP contribution in [0.2, 0.25) is 0 Å². The summed E-state index contributed by atoms with van der Waals surface area (Å²) in [4.78, 5) is 4.97. The molecule has 0 aliphatic rings. The maximum absolute atomic E-state index is 3.71. The molecule has 0 aromatic heterocycles. The van der Waals surface area contributed by atoms with E-state index >= 15 is 0 Å². The summed E-state index contributed by atoms with van der Waals surface area (Å²) >= 11 is 7.42. The molecule has 0 spiro atoms. The first-order chi connectivity index (χ1) is 66.0. The van der Waals surface area contributed by atoms with Gasteiger partial charge in [0.25, 0.3) is 0 Å². The number of hydrogen-bond donors (Lipinski definition) is 1. The third-order valence-electron chi connectivity index (χ3n) is 25.9. The summed E-state index contributed by atoms with van der Waals surface area (Å²) in [6.07, 6.45) is 0. The smallest absolute Gasteiger partial charge is 0.0546 e. The van der Waals surface area contributed by atoms with E-state index in [4.69, 9.17) is 0 Å². The fourth-order valence-electron chi connectivity index (χ4n) is 19.0. The van der Waals surface area contributed by atoms with Crippen LogP contribution in [0.5, 0.6) is 0 Å². The van der Waals surface area contributed by atoms with Crippen molar-refractivity contribution in [1.29, 1.82) is 0 Å². The van der Waals surface area contributed by atoms with Crippen LogP contribution >= 0.6 is 31.9 Å². The fraction of sp³-hybridized carbons (Fsp3) is 0.0233. The number of anilines is 8. The van der Waals surface area contributed by atoms with Gasteiger partial charge in [0.15, 0.2) is 0 Å². The van der Waals surface area contributed by atoms with Gasteiger partial charge in [0.2, 0.25) is 0 Å². The molecule has 0 saturated carbocycles. The molecule has 0 fully saturated rings. The zero-order valence-corrected chi connectivity index (χ0v) is 77.7. The van der Waals surface area contributed by atoms with Gasteiger partial charge < -0.3 is 15.1 Å². The van der Waals surface area contributed by atoms with Gasteiger partial charge in [0, 0.05) is 53.8 Å². The van der Waals surface area contributed by atoms with E-state index in [1.54, 1.807) is 0 Å². The lowest BCUT2D eigenvalue weighted by Gasteiger charge is -2.31. The third kappa shape index (κ3) is 17.6. The van der Waals surface area contributed by atoms with Crippen molar-refractivity contribution in [3.63, 3.8) is 0 Å². The summed E-state index contributed by atoms with van der Waals surface area (Å²) in [6, 6.07) is 182. The molecule has 134 heavy (non-hydrogen) atoms. The van der Waals surface area contributed by atoms with Gasteiger partial charge in [-0.1, -0.05) is 438 Å². The Bertz CT molecular complexity index is 7780. The molecule has 0 radical (unpaired) electrons. The molecule has 5 heteroatoms. The molecule has 0 aliphatic heterocycles. The van der Waals surface area contributed by atoms with Gasteiger partial charge in [0.05, 0.1) is 11.4 Å². The number of halogens is 2. The average Bonchev–Trinajstić information content (AvgIpc) is 0.732. The molecular formula is C129H93Br2N3. The van der Waals surface area contributed by atoms with Crippen molar-refractivity contribution in [3.05, 3.63) is 529 Å². The SMILES string of the molecule is Brc1cc2c3ccccc3c(Br)cc2c2ccccc12.Cc1cc(-c2ccccc2)ccc1N(c1ccc(-c2ccc(-c3ccccc3)cc2)cc1)c1cc2c3ccccc3c(N(c3ccc(-c4ccc(-c5ccccc5)cc4)cc3)c3ccc(-c4ccccc4)cc3C)cc2c2ccccc12.Cc1cc(-c2ccccc2)ccc1Nc1ccc(-c2ccc(-c3ccccc3)cc2)cc1. The lowest BCUT2D eigenvalue weighted by Crippen LogP contribution is -2.13. The predicted molar refractivity (Wildman–Crippen MR) is 582 cm³/mol. The quantitative estimate of drug-likeness (QED) is 0.0917. The van der Waals surface area contributed by atoms with Crippen molar-refractivity contribution in [2.75, 3.05) is 15.1 Å². The zero-order valence-electron chi connectivity index (χ0n) is 74.6. The molecule has 0 aliphatic carbocycles. The van der Waals surface area contributed by atoms with Crippen LogP contribution in [0, 0.1) is 20.8 Å². The Labute approximate surface area is 800 Å². The van der Waals surface area contributed by atoms with E-state index in [1.807, 2.05) is 12.1 Å².